The SMILES string of the molecule is CCCNC(CC)CCCn1c(=O)cnc2ccccc21. The molecule has 0 aliphatic heterocycles. The molecule has 1 aromatic heterocycles. The minimum absolute atomic E-state index is 0.0109. The van der Waals surface area contributed by atoms with Crippen molar-refractivity contribution in [2.24, 2.45) is 0 Å². The van der Waals surface area contributed by atoms with Gasteiger partial charge < -0.3 is 9.88 Å². The van der Waals surface area contributed by atoms with Gasteiger partial charge in [0, 0.05) is 12.6 Å². The summed E-state index contributed by atoms with van der Waals surface area (Å²) in [5.41, 5.74) is 1.80. The summed E-state index contributed by atoms with van der Waals surface area (Å²) in [6, 6.07) is 8.37. The number of hydrogen-bond acceptors (Lipinski definition) is 3. The Kier molecular flexibility index (Phi) is 5.93. The Morgan fingerprint density at radius 2 is 2.10 bits per heavy atom. The number of nitrogens with one attached hydrogen (secondary N) is 1. The standard InChI is InChI=1S/C17H25N3O/c1-3-11-18-14(4-2)8-7-12-20-16-10-6-5-9-15(16)19-13-17(20)21/h5-6,9-10,13-14,18H,3-4,7-8,11-12H2,1-2H3. The highest BCUT2D eigenvalue weighted by Gasteiger charge is 2.07. The van der Waals surface area contributed by atoms with E-state index in [1.165, 1.54) is 6.20 Å². The first-order valence-corrected chi connectivity index (χ1v) is 7.94. The van der Waals surface area contributed by atoms with Crippen LogP contribution in [-0.4, -0.2) is 22.1 Å². The van der Waals surface area contributed by atoms with Gasteiger partial charge in [-0.05, 0) is 44.4 Å². The molecule has 1 aromatic carbocycles. The minimum Gasteiger partial charge on any atom is -0.314 e. The molecule has 1 N–H and O–H groups in total. The summed E-state index contributed by atoms with van der Waals surface area (Å²) in [5.74, 6) is 0. The summed E-state index contributed by atoms with van der Waals surface area (Å²) in [4.78, 5) is 16.2. The highest BCUT2D eigenvalue weighted by molar-refractivity contribution is 5.74. The van der Waals surface area contributed by atoms with Crippen molar-refractivity contribution < 1.29 is 0 Å². The quantitative estimate of drug-likeness (QED) is 0.812. The third-order valence-electron chi connectivity index (χ3n) is 3.86. The molecule has 1 atom stereocenters. The van der Waals surface area contributed by atoms with Crippen molar-refractivity contribution in [1.82, 2.24) is 14.9 Å². The number of aromatic nitrogens is 2. The molecule has 0 bridgehead atoms. The van der Waals surface area contributed by atoms with Gasteiger partial charge in [-0.15, -0.1) is 0 Å². The predicted molar refractivity (Wildman–Crippen MR) is 87.6 cm³/mol. The highest BCUT2D eigenvalue weighted by atomic mass is 16.1. The van der Waals surface area contributed by atoms with Gasteiger partial charge in [0.1, 0.15) is 0 Å². The van der Waals surface area contributed by atoms with E-state index >= 15 is 0 Å². The zero-order valence-corrected chi connectivity index (χ0v) is 13.0. The average Bonchev–Trinajstić information content (AvgIpc) is 2.52. The Hall–Kier alpha value is -1.68. The Morgan fingerprint density at radius 1 is 1.29 bits per heavy atom. The van der Waals surface area contributed by atoms with Crippen LogP contribution in [0.4, 0.5) is 0 Å². The van der Waals surface area contributed by atoms with Crippen LogP contribution < -0.4 is 10.9 Å². The van der Waals surface area contributed by atoms with Gasteiger partial charge in [-0.3, -0.25) is 4.79 Å². The van der Waals surface area contributed by atoms with Crippen molar-refractivity contribution in [2.75, 3.05) is 6.54 Å². The molecule has 0 aliphatic carbocycles. The van der Waals surface area contributed by atoms with Crippen molar-refractivity contribution in [3.8, 4) is 0 Å². The van der Waals surface area contributed by atoms with Crippen LogP contribution in [0.2, 0.25) is 0 Å². The summed E-state index contributed by atoms with van der Waals surface area (Å²) in [6.07, 6.45) is 5.81. The van der Waals surface area contributed by atoms with Gasteiger partial charge in [0.25, 0.3) is 5.56 Å². The zero-order chi connectivity index (χ0) is 15.1. The van der Waals surface area contributed by atoms with E-state index < -0.39 is 0 Å². The van der Waals surface area contributed by atoms with E-state index in [-0.39, 0.29) is 5.56 Å². The molecule has 114 valence electrons. The van der Waals surface area contributed by atoms with Crippen molar-refractivity contribution >= 4 is 11.0 Å². The number of nitrogens with zero attached hydrogens (tertiary/aromatic N) is 2. The first kappa shape index (κ1) is 15.7. The highest BCUT2D eigenvalue weighted by Crippen LogP contribution is 2.10. The lowest BCUT2D eigenvalue weighted by atomic mass is 10.1. The summed E-state index contributed by atoms with van der Waals surface area (Å²) in [7, 11) is 0. The molecule has 1 heterocycles. The van der Waals surface area contributed by atoms with Gasteiger partial charge in [-0.2, -0.15) is 0 Å². The molecule has 0 radical (unpaired) electrons. The van der Waals surface area contributed by atoms with E-state index in [1.807, 2.05) is 28.8 Å². The first-order valence-electron chi connectivity index (χ1n) is 7.94. The molecule has 2 aromatic rings. The molecule has 0 saturated heterocycles. The molecule has 0 fully saturated rings. The maximum atomic E-state index is 12.0. The maximum Gasteiger partial charge on any atom is 0.269 e. The second kappa shape index (κ2) is 7.93. The number of fused-ring (bicyclic) bond motifs is 1. The van der Waals surface area contributed by atoms with Gasteiger partial charge in [0.2, 0.25) is 0 Å². The van der Waals surface area contributed by atoms with E-state index in [0.717, 1.165) is 49.8 Å². The van der Waals surface area contributed by atoms with Crippen LogP contribution in [0.15, 0.2) is 35.3 Å². The number of para-hydroxylation sites is 2. The van der Waals surface area contributed by atoms with Gasteiger partial charge in [0.15, 0.2) is 0 Å². The molecule has 4 heteroatoms. The lowest BCUT2D eigenvalue weighted by molar-refractivity contribution is 0.440. The van der Waals surface area contributed by atoms with E-state index in [0.29, 0.717) is 6.04 Å². The Morgan fingerprint density at radius 3 is 2.86 bits per heavy atom. The van der Waals surface area contributed by atoms with E-state index in [9.17, 15) is 4.79 Å². The van der Waals surface area contributed by atoms with Crippen LogP contribution in [0.25, 0.3) is 11.0 Å². The Labute approximate surface area is 126 Å². The van der Waals surface area contributed by atoms with Gasteiger partial charge in [-0.25, -0.2) is 4.98 Å². The van der Waals surface area contributed by atoms with Crippen molar-refractivity contribution in [1.29, 1.82) is 0 Å². The van der Waals surface area contributed by atoms with Crippen molar-refractivity contribution in [3.63, 3.8) is 0 Å². The molecule has 0 amide bonds. The molecular formula is C17H25N3O. The Balaban J connectivity index is 2.03. The van der Waals surface area contributed by atoms with E-state index in [2.05, 4.69) is 24.1 Å². The van der Waals surface area contributed by atoms with Crippen molar-refractivity contribution in [2.45, 2.75) is 52.1 Å². The molecule has 2 rings (SSSR count). The van der Waals surface area contributed by atoms with Gasteiger partial charge in [0.05, 0.1) is 17.2 Å². The normalized spacial score (nSPS) is 12.7. The summed E-state index contributed by atoms with van der Waals surface area (Å²) >= 11 is 0. The van der Waals surface area contributed by atoms with Crippen LogP contribution in [0.3, 0.4) is 0 Å². The maximum absolute atomic E-state index is 12.0. The summed E-state index contributed by atoms with van der Waals surface area (Å²) in [5, 5.41) is 3.56. The molecule has 4 nitrogen and oxygen atoms in total. The van der Waals surface area contributed by atoms with E-state index in [4.69, 9.17) is 0 Å². The lowest BCUT2D eigenvalue weighted by Gasteiger charge is -2.17. The first-order chi connectivity index (χ1) is 10.3. The predicted octanol–water partition coefficient (Wildman–Crippen LogP) is 2.95. The molecule has 0 saturated carbocycles. The summed E-state index contributed by atoms with van der Waals surface area (Å²) < 4.78 is 1.84. The summed E-state index contributed by atoms with van der Waals surface area (Å²) in [6.45, 7) is 6.21. The molecule has 0 aliphatic rings. The largest absolute Gasteiger partial charge is 0.314 e. The number of aryl methyl sites for hydroxylation is 1. The fraction of sp³-hybridized carbons (Fsp3) is 0.529. The second-order valence-electron chi connectivity index (χ2n) is 5.44. The van der Waals surface area contributed by atoms with Crippen molar-refractivity contribution in [3.05, 3.63) is 40.8 Å². The van der Waals surface area contributed by atoms with Crippen LogP contribution >= 0.6 is 0 Å². The Bertz CT molecular complexity index is 621. The lowest BCUT2D eigenvalue weighted by Crippen LogP contribution is -2.30. The third-order valence-corrected chi connectivity index (χ3v) is 3.86. The fourth-order valence-corrected chi connectivity index (χ4v) is 2.64. The fourth-order valence-electron chi connectivity index (χ4n) is 2.64. The third kappa shape index (κ3) is 4.14. The van der Waals surface area contributed by atoms with Gasteiger partial charge >= 0.3 is 0 Å². The minimum atomic E-state index is -0.0109. The molecule has 1 unspecified atom stereocenters. The molecular weight excluding hydrogens is 262 g/mol. The monoisotopic (exact) mass is 287 g/mol. The van der Waals surface area contributed by atoms with E-state index in [1.54, 1.807) is 0 Å². The van der Waals surface area contributed by atoms with Crippen LogP contribution in [0.1, 0.15) is 39.5 Å². The average molecular weight is 287 g/mol. The van der Waals surface area contributed by atoms with Gasteiger partial charge in [-0.1, -0.05) is 26.0 Å². The second-order valence-corrected chi connectivity index (χ2v) is 5.44. The zero-order valence-electron chi connectivity index (χ0n) is 13.0. The molecule has 0 spiro atoms. The van der Waals surface area contributed by atoms with Crippen LogP contribution in [0.5, 0.6) is 0 Å². The van der Waals surface area contributed by atoms with Crippen LogP contribution in [0, 0.1) is 0 Å². The number of hydrogen-bond donors (Lipinski definition) is 1. The smallest absolute Gasteiger partial charge is 0.269 e. The molecule has 21 heavy (non-hydrogen) atoms. The topological polar surface area (TPSA) is 46.9 Å². The number of rotatable bonds is 8. The van der Waals surface area contributed by atoms with Crippen LogP contribution in [-0.2, 0) is 6.54 Å². The number of benzene rings is 1.